The van der Waals surface area contributed by atoms with Gasteiger partial charge in [-0.25, -0.2) is 8.78 Å². The molecule has 2 aliphatic rings. The van der Waals surface area contributed by atoms with Crippen molar-refractivity contribution in [3.63, 3.8) is 0 Å². The van der Waals surface area contributed by atoms with Gasteiger partial charge in [0.2, 0.25) is 11.8 Å². The standard InChI is InChI=1S/C31H32F2N2O5/c32-23-7-5-21(6-8-23)27(36)14-13-26-29(35(30(26)38)25-11-9-24(33)10-12-25)22-3-1-20(2-4-22)15-16-31(18-39-19-31)40-17-28(34)37/h1-12,26-27,29,36H,13-19H2,(H2,34,37)/t26-,27?,29?/m1/s1. The van der Waals surface area contributed by atoms with Crippen molar-refractivity contribution in [2.75, 3.05) is 24.7 Å². The van der Waals surface area contributed by atoms with Crippen LogP contribution in [0, 0.1) is 17.6 Å². The first-order valence-electron chi connectivity index (χ1n) is 13.4. The van der Waals surface area contributed by atoms with E-state index in [-0.39, 0.29) is 36.1 Å². The molecule has 40 heavy (non-hydrogen) atoms. The first-order chi connectivity index (χ1) is 19.2. The molecule has 0 radical (unpaired) electrons. The average Bonchev–Trinajstić information content (AvgIpc) is 2.92. The summed E-state index contributed by atoms with van der Waals surface area (Å²) in [6, 6.07) is 19.2. The van der Waals surface area contributed by atoms with Gasteiger partial charge < -0.3 is 25.2 Å². The Morgan fingerprint density at radius 2 is 1.65 bits per heavy atom. The molecule has 0 aromatic heterocycles. The maximum absolute atomic E-state index is 13.6. The lowest BCUT2D eigenvalue weighted by Gasteiger charge is -2.48. The van der Waals surface area contributed by atoms with E-state index in [9.17, 15) is 23.5 Å². The summed E-state index contributed by atoms with van der Waals surface area (Å²) in [4.78, 5) is 26.1. The Hall–Kier alpha value is -3.66. The molecular formula is C31H32F2N2O5. The molecule has 3 atom stereocenters. The monoisotopic (exact) mass is 550 g/mol. The molecule has 5 rings (SSSR count). The van der Waals surface area contributed by atoms with Crippen molar-refractivity contribution in [1.29, 1.82) is 0 Å². The molecule has 2 fully saturated rings. The summed E-state index contributed by atoms with van der Waals surface area (Å²) in [5, 5.41) is 10.7. The summed E-state index contributed by atoms with van der Waals surface area (Å²) >= 11 is 0. The van der Waals surface area contributed by atoms with Gasteiger partial charge in [0.1, 0.15) is 23.8 Å². The molecule has 210 valence electrons. The van der Waals surface area contributed by atoms with E-state index in [2.05, 4.69) is 0 Å². The fourth-order valence-electron chi connectivity index (χ4n) is 5.40. The van der Waals surface area contributed by atoms with Crippen molar-refractivity contribution in [1.82, 2.24) is 0 Å². The molecule has 2 unspecified atom stereocenters. The van der Waals surface area contributed by atoms with E-state index >= 15 is 0 Å². The highest BCUT2D eigenvalue weighted by molar-refractivity contribution is 6.03. The van der Waals surface area contributed by atoms with E-state index in [4.69, 9.17) is 15.2 Å². The van der Waals surface area contributed by atoms with Crippen molar-refractivity contribution in [3.8, 4) is 0 Å². The molecule has 0 saturated carbocycles. The smallest absolute Gasteiger partial charge is 0.243 e. The fraction of sp³-hybridized carbons (Fsp3) is 0.355. The molecule has 3 aromatic rings. The van der Waals surface area contributed by atoms with Crippen LogP contribution in [0.5, 0.6) is 0 Å². The van der Waals surface area contributed by atoms with Gasteiger partial charge >= 0.3 is 0 Å². The van der Waals surface area contributed by atoms with E-state index in [0.717, 1.165) is 11.1 Å². The van der Waals surface area contributed by atoms with Crippen molar-refractivity contribution in [2.45, 2.75) is 43.4 Å². The highest BCUT2D eigenvalue weighted by Gasteiger charge is 2.48. The summed E-state index contributed by atoms with van der Waals surface area (Å²) in [7, 11) is 0. The number of hydrogen-bond acceptors (Lipinski definition) is 5. The van der Waals surface area contributed by atoms with Crippen LogP contribution in [0.2, 0.25) is 0 Å². The normalized spacial score (nSPS) is 20.5. The zero-order valence-electron chi connectivity index (χ0n) is 22.0. The minimum absolute atomic E-state index is 0.0921. The van der Waals surface area contributed by atoms with Crippen LogP contribution in [-0.4, -0.2) is 42.3 Å². The molecule has 3 aromatic carbocycles. The maximum Gasteiger partial charge on any atom is 0.243 e. The van der Waals surface area contributed by atoms with Gasteiger partial charge in [0.25, 0.3) is 0 Å². The van der Waals surface area contributed by atoms with E-state index < -0.39 is 17.6 Å². The number of nitrogens with two attached hydrogens (primary N) is 1. The van der Waals surface area contributed by atoms with E-state index in [1.807, 2.05) is 24.3 Å². The van der Waals surface area contributed by atoms with E-state index in [1.54, 1.807) is 29.2 Å². The second-order valence-electron chi connectivity index (χ2n) is 10.6. The number of β-lactam (4-membered cyclic amide) rings is 1. The SMILES string of the molecule is NC(=O)COC1(CCc2ccc(C3[C@@H](CCC(O)c4ccc(F)cc4)C(=O)N3c3ccc(F)cc3)cc2)COC1. The zero-order chi connectivity index (χ0) is 28.3. The van der Waals surface area contributed by atoms with Crippen LogP contribution in [-0.2, 0) is 25.5 Å². The molecule has 2 aliphatic heterocycles. The second-order valence-corrected chi connectivity index (χ2v) is 10.6. The quantitative estimate of drug-likeness (QED) is 0.326. The predicted octanol–water partition coefficient (Wildman–Crippen LogP) is 4.39. The van der Waals surface area contributed by atoms with E-state index in [1.165, 1.54) is 24.3 Å². The summed E-state index contributed by atoms with van der Waals surface area (Å²) in [5.41, 5.74) is 7.92. The van der Waals surface area contributed by atoms with Crippen LogP contribution in [0.25, 0.3) is 0 Å². The zero-order valence-corrected chi connectivity index (χ0v) is 22.0. The van der Waals surface area contributed by atoms with Gasteiger partial charge in [0.05, 0.1) is 31.3 Å². The van der Waals surface area contributed by atoms with Crippen LogP contribution in [0.1, 0.15) is 48.1 Å². The first kappa shape index (κ1) is 27.9. The third-order valence-electron chi connectivity index (χ3n) is 7.77. The topological polar surface area (TPSA) is 102 Å². The van der Waals surface area contributed by atoms with Gasteiger partial charge in [-0.2, -0.15) is 0 Å². The molecular weight excluding hydrogens is 518 g/mol. The summed E-state index contributed by atoms with van der Waals surface area (Å²) in [5.74, 6) is -1.74. The number of aliphatic hydroxyl groups excluding tert-OH is 1. The number of aryl methyl sites for hydroxylation is 1. The lowest BCUT2D eigenvalue weighted by molar-refractivity contribution is -0.211. The largest absolute Gasteiger partial charge is 0.388 e. The summed E-state index contributed by atoms with van der Waals surface area (Å²) < 4.78 is 37.9. The number of ether oxygens (including phenoxy) is 2. The minimum atomic E-state index is -0.823. The fourth-order valence-corrected chi connectivity index (χ4v) is 5.40. The molecule has 2 heterocycles. The number of primary amides is 1. The van der Waals surface area contributed by atoms with Crippen LogP contribution in [0.3, 0.4) is 0 Å². The van der Waals surface area contributed by atoms with Gasteiger partial charge in [0.15, 0.2) is 0 Å². The second kappa shape index (κ2) is 11.8. The molecule has 0 spiro atoms. The molecule has 9 heteroatoms. The van der Waals surface area contributed by atoms with Gasteiger partial charge in [-0.1, -0.05) is 36.4 Å². The Labute approximate surface area is 231 Å². The Kier molecular flexibility index (Phi) is 8.25. The number of rotatable bonds is 12. The van der Waals surface area contributed by atoms with Gasteiger partial charge in [-0.15, -0.1) is 0 Å². The number of halogens is 2. The molecule has 0 bridgehead atoms. The number of anilines is 1. The van der Waals surface area contributed by atoms with Crippen LogP contribution >= 0.6 is 0 Å². The van der Waals surface area contributed by atoms with Crippen molar-refractivity contribution >= 4 is 17.5 Å². The number of hydrogen-bond donors (Lipinski definition) is 2. The van der Waals surface area contributed by atoms with Crippen molar-refractivity contribution in [3.05, 3.63) is 101 Å². The maximum atomic E-state index is 13.6. The summed E-state index contributed by atoms with van der Waals surface area (Å²) in [6.07, 6.45) is 1.33. The van der Waals surface area contributed by atoms with Gasteiger partial charge in [-0.3, -0.25) is 9.59 Å². The molecule has 0 aliphatic carbocycles. The number of amides is 2. The molecule has 7 nitrogen and oxygen atoms in total. The van der Waals surface area contributed by atoms with Crippen LogP contribution in [0.4, 0.5) is 14.5 Å². The third-order valence-corrected chi connectivity index (χ3v) is 7.77. The minimum Gasteiger partial charge on any atom is -0.388 e. The number of nitrogens with zero attached hydrogens (tertiary/aromatic N) is 1. The molecule has 2 saturated heterocycles. The Balaban J connectivity index is 1.29. The van der Waals surface area contributed by atoms with Crippen LogP contribution < -0.4 is 10.6 Å². The predicted molar refractivity (Wildman–Crippen MR) is 144 cm³/mol. The average molecular weight is 551 g/mol. The Morgan fingerprint density at radius 1 is 1.02 bits per heavy atom. The highest BCUT2D eigenvalue weighted by atomic mass is 19.1. The van der Waals surface area contributed by atoms with E-state index in [0.29, 0.717) is 50.1 Å². The number of benzene rings is 3. The van der Waals surface area contributed by atoms with Crippen molar-refractivity contribution in [2.24, 2.45) is 11.7 Å². The Morgan fingerprint density at radius 3 is 2.23 bits per heavy atom. The van der Waals surface area contributed by atoms with Crippen molar-refractivity contribution < 1.29 is 33.0 Å². The molecule has 2 amide bonds. The first-order valence-corrected chi connectivity index (χ1v) is 13.4. The number of carbonyl (C=O) groups is 2. The lowest BCUT2D eigenvalue weighted by atomic mass is 9.78. The number of aliphatic hydroxyl groups is 1. The number of carbonyl (C=O) groups excluding carboxylic acids is 2. The lowest BCUT2D eigenvalue weighted by Crippen LogP contribution is -2.55. The van der Waals surface area contributed by atoms with Gasteiger partial charge in [-0.05, 0) is 78.8 Å². The van der Waals surface area contributed by atoms with Gasteiger partial charge in [0, 0.05) is 5.69 Å². The third kappa shape index (κ3) is 6.06. The van der Waals surface area contributed by atoms with Crippen LogP contribution in [0.15, 0.2) is 72.8 Å². The highest BCUT2D eigenvalue weighted by Crippen LogP contribution is 2.46. The Bertz CT molecular complexity index is 1330. The summed E-state index contributed by atoms with van der Waals surface area (Å²) in [6.45, 7) is 0.690. The molecule has 3 N–H and O–H groups in total.